The standard InChI is InChI=1S/C21H24N4O/c1-14-10-15(2)12-17(11-14)18-13-20(25-21(22)24-18)23-9-8-16-6-4-5-7-19(16)26-3/h4-7,10-13H,8-9H2,1-3H3,(H3,22,23,24,25). The molecule has 0 aliphatic rings. The van der Waals surface area contributed by atoms with Gasteiger partial charge in [0, 0.05) is 18.2 Å². The van der Waals surface area contributed by atoms with E-state index >= 15 is 0 Å². The first kappa shape index (κ1) is 17.7. The average molecular weight is 348 g/mol. The van der Waals surface area contributed by atoms with Crippen molar-refractivity contribution in [2.45, 2.75) is 20.3 Å². The molecule has 0 saturated carbocycles. The number of hydrogen-bond acceptors (Lipinski definition) is 5. The first-order valence-corrected chi connectivity index (χ1v) is 8.64. The Hall–Kier alpha value is -3.08. The van der Waals surface area contributed by atoms with Gasteiger partial charge in [0.25, 0.3) is 0 Å². The number of nitrogens with two attached hydrogens (primary N) is 1. The fraction of sp³-hybridized carbons (Fsp3) is 0.238. The zero-order chi connectivity index (χ0) is 18.5. The molecule has 0 saturated heterocycles. The highest BCUT2D eigenvalue weighted by molar-refractivity contribution is 5.65. The summed E-state index contributed by atoms with van der Waals surface area (Å²) < 4.78 is 5.39. The number of aromatic nitrogens is 2. The highest BCUT2D eigenvalue weighted by Gasteiger charge is 2.07. The van der Waals surface area contributed by atoms with Gasteiger partial charge in [-0.3, -0.25) is 0 Å². The van der Waals surface area contributed by atoms with Crippen LogP contribution < -0.4 is 15.8 Å². The minimum atomic E-state index is 0.265. The van der Waals surface area contributed by atoms with Crippen LogP contribution in [0.3, 0.4) is 0 Å². The fourth-order valence-corrected chi connectivity index (χ4v) is 3.06. The summed E-state index contributed by atoms with van der Waals surface area (Å²) in [5.74, 6) is 1.88. The van der Waals surface area contributed by atoms with E-state index < -0.39 is 0 Å². The molecule has 3 N–H and O–H groups in total. The van der Waals surface area contributed by atoms with Crippen LogP contribution in [0.4, 0.5) is 11.8 Å². The molecule has 0 radical (unpaired) electrons. The summed E-state index contributed by atoms with van der Waals surface area (Å²) in [5.41, 5.74) is 11.3. The lowest BCUT2D eigenvalue weighted by Gasteiger charge is -2.11. The van der Waals surface area contributed by atoms with E-state index in [9.17, 15) is 0 Å². The van der Waals surface area contributed by atoms with Gasteiger partial charge >= 0.3 is 0 Å². The van der Waals surface area contributed by atoms with E-state index in [0.29, 0.717) is 0 Å². The van der Waals surface area contributed by atoms with Crippen molar-refractivity contribution in [3.05, 3.63) is 65.2 Å². The van der Waals surface area contributed by atoms with Crippen LogP contribution in [0.2, 0.25) is 0 Å². The summed E-state index contributed by atoms with van der Waals surface area (Å²) >= 11 is 0. The van der Waals surface area contributed by atoms with Crippen molar-refractivity contribution >= 4 is 11.8 Å². The van der Waals surface area contributed by atoms with Gasteiger partial charge in [-0.1, -0.05) is 35.4 Å². The number of aryl methyl sites for hydroxylation is 2. The third-order valence-electron chi connectivity index (χ3n) is 4.15. The second-order valence-corrected chi connectivity index (χ2v) is 6.36. The van der Waals surface area contributed by atoms with Crippen LogP contribution in [0.15, 0.2) is 48.5 Å². The molecule has 0 aliphatic heterocycles. The van der Waals surface area contributed by atoms with Crippen LogP contribution in [-0.2, 0) is 6.42 Å². The van der Waals surface area contributed by atoms with Gasteiger partial charge in [0.2, 0.25) is 5.95 Å². The Morgan fingerprint density at radius 2 is 1.73 bits per heavy atom. The molecule has 0 aliphatic carbocycles. The lowest BCUT2D eigenvalue weighted by atomic mass is 10.0. The quantitative estimate of drug-likeness (QED) is 0.704. The molecule has 0 fully saturated rings. The normalized spacial score (nSPS) is 10.6. The fourth-order valence-electron chi connectivity index (χ4n) is 3.06. The summed E-state index contributed by atoms with van der Waals surface area (Å²) in [6.07, 6.45) is 0.826. The maximum absolute atomic E-state index is 5.92. The van der Waals surface area contributed by atoms with Crippen molar-refractivity contribution in [1.29, 1.82) is 0 Å². The largest absolute Gasteiger partial charge is 0.496 e. The average Bonchev–Trinajstić information content (AvgIpc) is 2.61. The maximum Gasteiger partial charge on any atom is 0.222 e. The van der Waals surface area contributed by atoms with Crippen molar-refractivity contribution in [1.82, 2.24) is 9.97 Å². The summed E-state index contributed by atoms with van der Waals surface area (Å²) in [7, 11) is 1.69. The molecule has 0 spiro atoms. The lowest BCUT2D eigenvalue weighted by Crippen LogP contribution is -2.09. The maximum atomic E-state index is 5.92. The SMILES string of the molecule is COc1ccccc1CCNc1cc(-c2cc(C)cc(C)c2)nc(N)n1. The number of nitrogens with zero attached hydrogens (tertiary/aromatic N) is 2. The molecule has 26 heavy (non-hydrogen) atoms. The molecule has 2 aromatic carbocycles. The molecular weight excluding hydrogens is 324 g/mol. The summed E-state index contributed by atoms with van der Waals surface area (Å²) in [6.45, 7) is 4.88. The molecule has 3 aromatic rings. The van der Waals surface area contributed by atoms with E-state index in [-0.39, 0.29) is 5.95 Å². The predicted octanol–water partition coefficient (Wildman–Crippen LogP) is 4.01. The molecule has 3 rings (SSSR count). The van der Waals surface area contributed by atoms with Gasteiger partial charge in [-0.25, -0.2) is 4.98 Å². The zero-order valence-electron chi connectivity index (χ0n) is 15.4. The van der Waals surface area contributed by atoms with Gasteiger partial charge in [0.05, 0.1) is 12.8 Å². The molecular formula is C21H24N4O. The van der Waals surface area contributed by atoms with E-state index in [1.54, 1.807) is 7.11 Å². The monoisotopic (exact) mass is 348 g/mol. The number of para-hydroxylation sites is 1. The minimum Gasteiger partial charge on any atom is -0.496 e. The Kier molecular flexibility index (Phi) is 5.37. The summed E-state index contributed by atoms with van der Waals surface area (Å²) in [6, 6.07) is 16.3. The van der Waals surface area contributed by atoms with E-state index in [1.165, 1.54) is 11.1 Å². The molecule has 0 atom stereocenters. The van der Waals surface area contributed by atoms with Gasteiger partial charge in [-0.15, -0.1) is 0 Å². The first-order valence-electron chi connectivity index (χ1n) is 8.64. The Balaban J connectivity index is 1.75. The van der Waals surface area contributed by atoms with E-state index in [2.05, 4.69) is 53.4 Å². The van der Waals surface area contributed by atoms with Gasteiger partial charge in [0.15, 0.2) is 0 Å². The van der Waals surface area contributed by atoms with Gasteiger partial charge < -0.3 is 15.8 Å². The number of ether oxygens (including phenoxy) is 1. The zero-order valence-corrected chi connectivity index (χ0v) is 15.4. The van der Waals surface area contributed by atoms with Crippen LogP contribution in [-0.4, -0.2) is 23.6 Å². The van der Waals surface area contributed by atoms with Crippen LogP contribution in [0.25, 0.3) is 11.3 Å². The molecule has 1 aromatic heterocycles. The number of rotatable bonds is 6. The number of anilines is 2. The van der Waals surface area contributed by atoms with E-state index in [4.69, 9.17) is 10.5 Å². The summed E-state index contributed by atoms with van der Waals surface area (Å²) in [4.78, 5) is 8.69. The van der Waals surface area contributed by atoms with Crippen LogP contribution in [0.1, 0.15) is 16.7 Å². The lowest BCUT2D eigenvalue weighted by molar-refractivity contribution is 0.410. The van der Waals surface area contributed by atoms with E-state index in [0.717, 1.165) is 41.4 Å². The number of hydrogen-bond donors (Lipinski definition) is 2. The Labute approximate surface area is 154 Å². The number of nitrogens with one attached hydrogen (secondary N) is 1. The molecule has 0 amide bonds. The number of methoxy groups -OCH3 is 1. The highest BCUT2D eigenvalue weighted by Crippen LogP contribution is 2.23. The minimum absolute atomic E-state index is 0.265. The van der Waals surface area contributed by atoms with Gasteiger partial charge in [0.1, 0.15) is 11.6 Å². The second kappa shape index (κ2) is 7.87. The van der Waals surface area contributed by atoms with Crippen molar-refractivity contribution in [2.75, 3.05) is 24.7 Å². The van der Waals surface area contributed by atoms with Crippen LogP contribution in [0.5, 0.6) is 5.75 Å². The number of nitrogen functional groups attached to an aromatic ring is 1. The smallest absolute Gasteiger partial charge is 0.222 e. The summed E-state index contributed by atoms with van der Waals surface area (Å²) in [5, 5.41) is 3.34. The predicted molar refractivity (Wildman–Crippen MR) is 107 cm³/mol. The van der Waals surface area contributed by atoms with Crippen molar-refractivity contribution in [3.63, 3.8) is 0 Å². The Morgan fingerprint density at radius 3 is 2.46 bits per heavy atom. The molecule has 1 heterocycles. The highest BCUT2D eigenvalue weighted by atomic mass is 16.5. The molecule has 0 bridgehead atoms. The topological polar surface area (TPSA) is 73.1 Å². The Bertz CT molecular complexity index is 888. The van der Waals surface area contributed by atoms with Crippen LogP contribution in [0, 0.1) is 13.8 Å². The third-order valence-corrected chi connectivity index (χ3v) is 4.15. The molecule has 134 valence electrons. The first-order chi connectivity index (χ1) is 12.5. The molecule has 0 unspecified atom stereocenters. The van der Waals surface area contributed by atoms with E-state index in [1.807, 2.05) is 24.3 Å². The van der Waals surface area contributed by atoms with Crippen LogP contribution >= 0.6 is 0 Å². The van der Waals surface area contributed by atoms with Crippen molar-refractivity contribution < 1.29 is 4.74 Å². The third kappa shape index (κ3) is 4.30. The van der Waals surface area contributed by atoms with Crippen molar-refractivity contribution in [2.24, 2.45) is 0 Å². The van der Waals surface area contributed by atoms with Gasteiger partial charge in [-0.05, 0) is 44.0 Å². The molecule has 5 heteroatoms. The number of benzene rings is 2. The second-order valence-electron chi connectivity index (χ2n) is 6.36. The Morgan fingerprint density at radius 1 is 1.00 bits per heavy atom. The molecule has 5 nitrogen and oxygen atoms in total. The van der Waals surface area contributed by atoms with Crippen molar-refractivity contribution in [3.8, 4) is 17.0 Å². The van der Waals surface area contributed by atoms with Gasteiger partial charge in [-0.2, -0.15) is 4.98 Å².